The molecule has 1 aromatic heterocycles. The van der Waals surface area contributed by atoms with Crippen molar-refractivity contribution in [3.8, 4) is 11.4 Å². The molecule has 0 aliphatic rings. The largest absolute Gasteiger partial charge is 0.338 e. The van der Waals surface area contributed by atoms with Gasteiger partial charge in [-0.15, -0.1) is 0 Å². The lowest BCUT2D eigenvalue weighted by Crippen LogP contribution is -2.21. The van der Waals surface area contributed by atoms with Crippen molar-refractivity contribution in [1.82, 2.24) is 15.5 Å². The average molecular weight is 271 g/mol. The molecule has 1 heterocycles. The Morgan fingerprint density at radius 2 is 1.84 bits per heavy atom. The Labute approximate surface area is 107 Å². The van der Waals surface area contributed by atoms with E-state index in [2.05, 4.69) is 15.5 Å². The maximum atomic E-state index is 13.1. The molecule has 2 rings (SSSR count). The summed E-state index contributed by atoms with van der Waals surface area (Å²) in [5, 5.41) is 6.65. The first-order valence-corrected chi connectivity index (χ1v) is 5.68. The van der Waals surface area contributed by atoms with Crippen LogP contribution in [0, 0.1) is 17.5 Å². The number of aromatic nitrogens is 2. The van der Waals surface area contributed by atoms with Crippen LogP contribution >= 0.6 is 0 Å². The molecule has 0 aliphatic heterocycles. The summed E-state index contributed by atoms with van der Waals surface area (Å²) in [5.41, 5.74) is 0.0240. The molecule has 1 N–H and O–H groups in total. The van der Waals surface area contributed by atoms with Gasteiger partial charge in [0.25, 0.3) is 0 Å². The summed E-state index contributed by atoms with van der Waals surface area (Å²) in [5.74, 6) is -3.80. The third-order valence-electron chi connectivity index (χ3n) is 2.37. The predicted octanol–water partition coefficient (Wildman–Crippen LogP) is 2.65. The second-order valence-electron chi connectivity index (χ2n) is 4.30. The normalized spacial score (nSPS) is 11.3. The van der Waals surface area contributed by atoms with Crippen molar-refractivity contribution >= 4 is 0 Å². The van der Waals surface area contributed by atoms with E-state index in [1.54, 1.807) is 0 Å². The van der Waals surface area contributed by atoms with Crippen LogP contribution in [0.3, 0.4) is 0 Å². The Bertz CT molecular complexity index is 560. The number of nitrogens with one attached hydrogen (secondary N) is 1. The summed E-state index contributed by atoms with van der Waals surface area (Å²) in [6, 6.07) is 1.88. The van der Waals surface area contributed by atoms with Gasteiger partial charge >= 0.3 is 0 Å². The van der Waals surface area contributed by atoms with Gasteiger partial charge in [0.05, 0.1) is 6.54 Å². The highest BCUT2D eigenvalue weighted by molar-refractivity contribution is 5.54. The number of hydrogen-bond acceptors (Lipinski definition) is 4. The number of benzene rings is 1. The van der Waals surface area contributed by atoms with E-state index in [0.29, 0.717) is 6.54 Å². The van der Waals surface area contributed by atoms with Crippen molar-refractivity contribution in [1.29, 1.82) is 0 Å². The molecule has 0 saturated heterocycles. The third kappa shape index (κ3) is 3.11. The molecule has 0 bridgehead atoms. The third-order valence-corrected chi connectivity index (χ3v) is 2.37. The van der Waals surface area contributed by atoms with Gasteiger partial charge in [0.1, 0.15) is 0 Å². The Hall–Kier alpha value is -1.89. The highest BCUT2D eigenvalue weighted by Crippen LogP contribution is 2.21. The fourth-order valence-electron chi connectivity index (χ4n) is 1.42. The fraction of sp³-hybridized carbons (Fsp3) is 0.333. The summed E-state index contributed by atoms with van der Waals surface area (Å²) in [7, 11) is 0. The highest BCUT2D eigenvalue weighted by atomic mass is 19.2. The smallest absolute Gasteiger partial charge is 0.240 e. The molecule has 102 valence electrons. The number of halogens is 3. The van der Waals surface area contributed by atoms with Crippen LogP contribution in [0.25, 0.3) is 11.4 Å². The van der Waals surface area contributed by atoms with Crippen molar-refractivity contribution in [2.75, 3.05) is 0 Å². The standard InChI is InChI=1S/C12H12F3N3O/c1-6(2)16-5-10-17-12(18-19-10)7-3-8(13)11(15)9(14)4-7/h3-4,6,16H,5H2,1-2H3. The van der Waals surface area contributed by atoms with Crippen LogP contribution in [-0.2, 0) is 6.54 Å². The number of nitrogens with zero attached hydrogens (tertiary/aromatic N) is 2. The molecule has 2 aromatic rings. The van der Waals surface area contributed by atoms with E-state index in [1.165, 1.54) is 0 Å². The van der Waals surface area contributed by atoms with E-state index in [9.17, 15) is 13.2 Å². The molecular formula is C12H12F3N3O. The molecule has 7 heteroatoms. The predicted molar refractivity (Wildman–Crippen MR) is 61.6 cm³/mol. The lowest BCUT2D eigenvalue weighted by molar-refractivity contribution is 0.362. The molecule has 0 atom stereocenters. The lowest BCUT2D eigenvalue weighted by Gasteiger charge is -2.03. The van der Waals surface area contributed by atoms with Crippen LogP contribution in [0.4, 0.5) is 13.2 Å². The van der Waals surface area contributed by atoms with E-state index in [1.807, 2.05) is 13.8 Å². The molecular weight excluding hydrogens is 259 g/mol. The number of hydrogen-bond donors (Lipinski definition) is 1. The van der Waals surface area contributed by atoms with E-state index < -0.39 is 17.5 Å². The SMILES string of the molecule is CC(C)NCc1nc(-c2cc(F)c(F)c(F)c2)no1. The van der Waals surface area contributed by atoms with Crippen molar-refractivity contribution in [2.45, 2.75) is 26.4 Å². The Morgan fingerprint density at radius 3 is 2.42 bits per heavy atom. The molecule has 1 aromatic carbocycles. The Balaban J connectivity index is 2.23. The molecule has 0 amide bonds. The molecule has 0 saturated carbocycles. The maximum absolute atomic E-state index is 13.1. The molecule has 0 radical (unpaired) electrons. The van der Waals surface area contributed by atoms with Gasteiger partial charge in [-0.1, -0.05) is 19.0 Å². The molecule has 4 nitrogen and oxygen atoms in total. The highest BCUT2D eigenvalue weighted by Gasteiger charge is 2.15. The van der Waals surface area contributed by atoms with Crippen LogP contribution in [0.1, 0.15) is 19.7 Å². The van der Waals surface area contributed by atoms with Crippen molar-refractivity contribution in [2.24, 2.45) is 0 Å². The van der Waals surface area contributed by atoms with E-state index in [4.69, 9.17) is 4.52 Å². The van der Waals surface area contributed by atoms with Crippen LogP contribution in [-0.4, -0.2) is 16.2 Å². The molecule has 0 spiro atoms. The first-order valence-electron chi connectivity index (χ1n) is 5.68. The Kier molecular flexibility index (Phi) is 3.84. The number of rotatable bonds is 4. The average Bonchev–Trinajstić information content (AvgIpc) is 2.81. The van der Waals surface area contributed by atoms with Gasteiger partial charge < -0.3 is 9.84 Å². The van der Waals surface area contributed by atoms with E-state index in [0.717, 1.165) is 12.1 Å². The van der Waals surface area contributed by atoms with E-state index in [-0.39, 0.29) is 23.3 Å². The molecule has 0 unspecified atom stereocenters. The maximum Gasteiger partial charge on any atom is 0.240 e. The minimum Gasteiger partial charge on any atom is -0.338 e. The summed E-state index contributed by atoms with van der Waals surface area (Å²) in [6.45, 7) is 4.24. The summed E-state index contributed by atoms with van der Waals surface area (Å²) >= 11 is 0. The second kappa shape index (κ2) is 5.40. The minimum atomic E-state index is -1.52. The van der Waals surface area contributed by atoms with Crippen molar-refractivity contribution in [3.63, 3.8) is 0 Å². The van der Waals surface area contributed by atoms with Gasteiger partial charge in [0.15, 0.2) is 17.5 Å². The molecule has 19 heavy (non-hydrogen) atoms. The van der Waals surface area contributed by atoms with Crippen molar-refractivity contribution < 1.29 is 17.7 Å². The zero-order chi connectivity index (χ0) is 14.0. The molecule has 0 fully saturated rings. The monoisotopic (exact) mass is 271 g/mol. The van der Waals surface area contributed by atoms with E-state index >= 15 is 0 Å². The topological polar surface area (TPSA) is 51.0 Å². The first-order chi connectivity index (χ1) is 8.97. The quantitative estimate of drug-likeness (QED) is 0.868. The van der Waals surface area contributed by atoms with Gasteiger partial charge in [-0.3, -0.25) is 0 Å². The van der Waals surface area contributed by atoms with Crippen LogP contribution in [0.15, 0.2) is 16.7 Å². The fourth-order valence-corrected chi connectivity index (χ4v) is 1.42. The summed E-state index contributed by atoms with van der Waals surface area (Å²) in [6.07, 6.45) is 0. The minimum absolute atomic E-state index is 0.0124. The van der Waals surface area contributed by atoms with Gasteiger partial charge in [-0.2, -0.15) is 4.98 Å². The summed E-state index contributed by atoms with van der Waals surface area (Å²) in [4.78, 5) is 3.97. The lowest BCUT2D eigenvalue weighted by atomic mass is 10.2. The van der Waals surface area contributed by atoms with Crippen molar-refractivity contribution in [3.05, 3.63) is 35.5 Å². The Morgan fingerprint density at radius 1 is 1.21 bits per heavy atom. The van der Waals surface area contributed by atoms with Gasteiger partial charge in [0, 0.05) is 11.6 Å². The zero-order valence-electron chi connectivity index (χ0n) is 10.4. The zero-order valence-corrected chi connectivity index (χ0v) is 10.4. The van der Waals surface area contributed by atoms with Gasteiger partial charge in [-0.25, -0.2) is 13.2 Å². The first kappa shape index (κ1) is 13.5. The molecule has 0 aliphatic carbocycles. The summed E-state index contributed by atoms with van der Waals surface area (Å²) < 4.78 is 43.9. The van der Waals surface area contributed by atoms with Gasteiger partial charge in [-0.05, 0) is 12.1 Å². The van der Waals surface area contributed by atoms with Crippen LogP contribution in [0.5, 0.6) is 0 Å². The van der Waals surface area contributed by atoms with Crippen LogP contribution in [0.2, 0.25) is 0 Å². The van der Waals surface area contributed by atoms with Crippen LogP contribution < -0.4 is 5.32 Å². The second-order valence-corrected chi connectivity index (χ2v) is 4.30. The van der Waals surface area contributed by atoms with Gasteiger partial charge in [0.2, 0.25) is 11.7 Å².